The fraction of sp³-hybridized carbons (Fsp3) is 0.500. The summed E-state index contributed by atoms with van der Waals surface area (Å²) in [5.41, 5.74) is 7.82. The van der Waals surface area contributed by atoms with Gasteiger partial charge in [-0.1, -0.05) is 28.1 Å². The van der Waals surface area contributed by atoms with Crippen LogP contribution in [0.2, 0.25) is 0 Å². The number of rotatable bonds is 4. The van der Waals surface area contributed by atoms with Crippen LogP contribution in [0.4, 0.5) is 0 Å². The van der Waals surface area contributed by atoms with Crippen LogP contribution in [0.15, 0.2) is 40.3 Å². The second kappa shape index (κ2) is 7.16. The number of benzene rings is 1. The number of aliphatic imine (C=N–C) groups is 1. The molecule has 0 heterocycles. The number of nitrogens with two attached hydrogens (primary N) is 1. The van der Waals surface area contributed by atoms with Crippen LogP contribution in [0.1, 0.15) is 36.8 Å². The van der Waals surface area contributed by atoms with Crippen molar-refractivity contribution < 1.29 is 9.53 Å². The van der Waals surface area contributed by atoms with Gasteiger partial charge in [0.05, 0.1) is 6.10 Å². The standard InChI is InChI=1S/C20H26BrN3O2/c1-4-20(23-18(22)24(2)13-25)17-11-15(21)6-5-14(17)12-19(20)9-7-16(26-3)8-10-19/h4-6,11,13,16H,1,7-10,12H2,2-3H3,(H2,22,23)/t16?,19?,20-/m1/s1. The maximum absolute atomic E-state index is 11.2. The molecule has 0 bridgehead atoms. The largest absolute Gasteiger partial charge is 0.381 e. The summed E-state index contributed by atoms with van der Waals surface area (Å²) >= 11 is 3.59. The molecule has 0 aromatic heterocycles. The van der Waals surface area contributed by atoms with E-state index in [-0.39, 0.29) is 17.5 Å². The van der Waals surface area contributed by atoms with Gasteiger partial charge < -0.3 is 10.5 Å². The van der Waals surface area contributed by atoms with E-state index in [4.69, 9.17) is 15.5 Å². The van der Waals surface area contributed by atoms with E-state index in [1.807, 2.05) is 6.08 Å². The topological polar surface area (TPSA) is 67.9 Å². The maximum atomic E-state index is 11.2. The Morgan fingerprint density at radius 1 is 1.46 bits per heavy atom. The molecule has 0 radical (unpaired) electrons. The zero-order chi connectivity index (χ0) is 18.9. The monoisotopic (exact) mass is 419 g/mol. The molecule has 1 atom stereocenters. The second-order valence-corrected chi connectivity index (χ2v) is 8.27. The molecule has 2 N–H and O–H groups in total. The number of methoxy groups -OCH3 is 1. The van der Waals surface area contributed by atoms with E-state index < -0.39 is 5.54 Å². The molecule has 3 rings (SSSR count). The number of ether oxygens (including phenoxy) is 1. The highest BCUT2D eigenvalue weighted by molar-refractivity contribution is 9.10. The van der Waals surface area contributed by atoms with Gasteiger partial charge in [0.2, 0.25) is 6.41 Å². The van der Waals surface area contributed by atoms with Crippen LogP contribution in [0.5, 0.6) is 0 Å². The zero-order valence-electron chi connectivity index (χ0n) is 15.4. The molecule has 1 saturated carbocycles. The van der Waals surface area contributed by atoms with Crippen LogP contribution in [-0.4, -0.2) is 37.5 Å². The summed E-state index contributed by atoms with van der Waals surface area (Å²) in [7, 11) is 3.40. The van der Waals surface area contributed by atoms with Crippen molar-refractivity contribution in [2.24, 2.45) is 16.1 Å². The Morgan fingerprint density at radius 3 is 2.73 bits per heavy atom. The molecule has 2 aliphatic carbocycles. The molecule has 5 nitrogen and oxygen atoms in total. The summed E-state index contributed by atoms with van der Waals surface area (Å²) in [5, 5.41) is 0. The van der Waals surface area contributed by atoms with Gasteiger partial charge in [-0.25, -0.2) is 4.99 Å². The molecular formula is C20H26BrN3O2. The molecule has 1 fully saturated rings. The molecule has 2 aliphatic rings. The number of halogens is 1. The highest BCUT2D eigenvalue weighted by Crippen LogP contribution is 2.60. The van der Waals surface area contributed by atoms with Crippen LogP contribution in [0.25, 0.3) is 0 Å². The van der Waals surface area contributed by atoms with Crippen molar-refractivity contribution in [2.45, 2.75) is 43.7 Å². The fourth-order valence-corrected chi connectivity index (χ4v) is 5.01. The van der Waals surface area contributed by atoms with E-state index in [0.29, 0.717) is 6.41 Å². The zero-order valence-corrected chi connectivity index (χ0v) is 17.0. The van der Waals surface area contributed by atoms with Gasteiger partial charge in [-0.2, -0.15) is 0 Å². The van der Waals surface area contributed by atoms with Crippen molar-refractivity contribution in [1.29, 1.82) is 0 Å². The van der Waals surface area contributed by atoms with Gasteiger partial charge in [0, 0.05) is 24.0 Å². The Labute approximate surface area is 163 Å². The summed E-state index contributed by atoms with van der Waals surface area (Å²) in [6, 6.07) is 6.34. The number of carbonyl (C=O) groups is 1. The van der Waals surface area contributed by atoms with Crippen molar-refractivity contribution in [3.8, 4) is 0 Å². The lowest BCUT2D eigenvalue weighted by atomic mass is 9.61. The van der Waals surface area contributed by atoms with Gasteiger partial charge in [-0.05, 0) is 55.4 Å². The van der Waals surface area contributed by atoms with Gasteiger partial charge in [0.1, 0.15) is 5.54 Å². The normalized spacial score (nSPS) is 30.9. The lowest BCUT2D eigenvalue weighted by molar-refractivity contribution is -0.114. The van der Waals surface area contributed by atoms with Crippen molar-refractivity contribution in [1.82, 2.24) is 4.90 Å². The number of nitrogens with zero attached hydrogens (tertiary/aromatic N) is 2. The van der Waals surface area contributed by atoms with Crippen LogP contribution in [-0.2, 0) is 21.5 Å². The third kappa shape index (κ3) is 2.89. The molecule has 0 unspecified atom stereocenters. The van der Waals surface area contributed by atoms with E-state index in [9.17, 15) is 4.79 Å². The molecule has 1 amide bonds. The molecule has 0 saturated heterocycles. The van der Waals surface area contributed by atoms with E-state index in [1.165, 1.54) is 10.5 Å². The van der Waals surface area contributed by atoms with Crippen molar-refractivity contribution in [2.75, 3.05) is 14.2 Å². The molecule has 26 heavy (non-hydrogen) atoms. The van der Waals surface area contributed by atoms with Crippen molar-refractivity contribution in [3.63, 3.8) is 0 Å². The number of hydrogen-bond donors (Lipinski definition) is 1. The third-order valence-corrected chi connectivity index (χ3v) is 6.64. The lowest BCUT2D eigenvalue weighted by Gasteiger charge is -2.46. The predicted molar refractivity (Wildman–Crippen MR) is 107 cm³/mol. The minimum absolute atomic E-state index is 0.0960. The minimum Gasteiger partial charge on any atom is -0.381 e. The number of carbonyl (C=O) groups excluding carboxylic acids is 1. The molecule has 140 valence electrons. The summed E-state index contributed by atoms with van der Waals surface area (Å²) in [5.74, 6) is 0.209. The number of guanidine groups is 1. The molecule has 0 aliphatic heterocycles. The average Bonchev–Trinajstić information content (AvgIpc) is 2.91. The predicted octanol–water partition coefficient (Wildman–Crippen LogP) is 3.36. The minimum atomic E-state index is -0.647. The Balaban J connectivity index is 2.16. The SMILES string of the molecule is C=C[C@@]1(N=C(N)N(C)C=O)c2cc(Br)ccc2CC12CCC(OC)CC2. The number of hydrogen-bond acceptors (Lipinski definition) is 3. The Kier molecular flexibility index (Phi) is 5.26. The third-order valence-electron chi connectivity index (χ3n) is 6.15. The molecule has 1 aromatic carbocycles. The van der Waals surface area contributed by atoms with E-state index in [0.717, 1.165) is 42.1 Å². The van der Waals surface area contributed by atoms with E-state index >= 15 is 0 Å². The Bertz CT molecular complexity index is 741. The quantitative estimate of drug-likeness (QED) is 0.352. The number of amides is 1. The smallest absolute Gasteiger partial charge is 0.216 e. The molecular weight excluding hydrogens is 394 g/mol. The van der Waals surface area contributed by atoms with Gasteiger partial charge >= 0.3 is 0 Å². The first-order valence-corrected chi connectivity index (χ1v) is 9.69. The van der Waals surface area contributed by atoms with Crippen LogP contribution in [0, 0.1) is 5.41 Å². The highest BCUT2D eigenvalue weighted by Gasteiger charge is 2.57. The van der Waals surface area contributed by atoms with Gasteiger partial charge in [-0.3, -0.25) is 9.69 Å². The lowest BCUT2D eigenvalue weighted by Crippen LogP contribution is -2.46. The van der Waals surface area contributed by atoms with E-state index in [1.54, 1.807) is 14.2 Å². The number of fused-ring (bicyclic) bond motifs is 1. The average molecular weight is 420 g/mol. The summed E-state index contributed by atoms with van der Waals surface area (Å²) in [6.07, 6.45) is 7.75. The Morgan fingerprint density at radius 2 is 2.15 bits per heavy atom. The molecule has 1 spiro atoms. The van der Waals surface area contributed by atoms with E-state index in [2.05, 4.69) is 40.7 Å². The van der Waals surface area contributed by atoms with Gasteiger partial charge in [0.25, 0.3) is 0 Å². The summed E-state index contributed by atoms with van der Waals surface area (Å²) < 4.78 is 6.58. The Hall–Kier alpha value is -1.66. The maximum Gasteiger partial charge on any atom is 0.216 e. The molecule has 1 aromatic rings. The first-order chi connectivity index (χ1) is 12.4. The molecule has 6 heteroatoms. The van der Waals surface area contributed by atoms with Crippen LogP contribution in [0.3, 0.4) is 0 Å². The second-order valence-electron chi connectivity index (χ2n) is 7.35. The first kappa shape index (κ1) is 19.1. The fourth-order valence-electron chi connectivity index (χ4n) is 4.64. The van der Waals surface area contributed by atoms with Crippen molar-refractivity contribution in [3.05, 3.63) is 46.5 Å². The summed E-state index contributed by atoms with van der Waals surface area (Å²) in [6.45, 7) is 4.15. The first-order valence-electron chi connectivity index (χ1n) is 8.90. The van der Waals surface area contributed by atoms with Crippen molar-refractivity contribution >= 4 is 28.3 Å². The van der Waals surface area contributed by atoms with Crippen LogP contribution < -0.4 is 5.73 Å². The van der Waals surface area contributed by atoms with Crippen LogP contribution >= 0.6 is 15.9 Å². The summed E-state index contributed by atoms with van der Waals surface area (Å²) in [4.78, 5) is 17.4. The van der Waals surface area contributed by atoms with Gasteiger partial charge in [0.15, 0.2) is 5.96 Å². The van der Waals surface area contributed by atoms with Gasteiger partial charge in [-0.15, -0.1) is 6.58 Å². The highest BCUT2D eigenvalue weighted by atomic mass is 79.9.